The minimum atomic E-state index is -4.36. The Balaban J connectivity index is 2.04. The summed E-state index contributed by atoms with van der Waals surface area (Å²) in [5.41, 5.74) is 0.789. The van der Waals surface area contributed by atoms with Crippen LogP contribution < -0.4 is 5.32 Å². The van der Waals surface area contributed by atoms with Crippen molar-refractivity contribution < 1.29 is 26.4 Å². The van der Waals surface area contributed by atoms with Gasteiger partial charge in [0, 0.05) is 17.9 Å². The minimum absolute atomic E-state index is 0.0420. The molecule has 0 spiro atoms. The maximum Gasteiger partial charge on any atom is 0.406 e. The predicted octanol–water partition coefficient (Wildman–Crippen LogP) is 1.83. The topological polar surface area (TPSA) is 68.2 Å². The third-order valence-electron chi connectivity index (χ3n) is 4.03. The summed E-state index contributed by atoms with van der Waals surface area (Å²) >= 11 is 0. The second-order valence-corrected chi connectivity index (χ2v) is 8.19. The van der Waals surface area contributed by atoms with Gasteiger partial charge in [-0.3, -0.25) is 4.79 Å². The van der Waals surface area contributed by atoms with Crippen LogP contribution in [0, 0.1) is 19.8 Å². The van der Waals surface area contributed by atoms with Crippen LogP contribution >= 0.6 is 0 Å². The molecule has 1 saturated heterocycles. The van der Waals surface area contributed by atoms with Crippen molar-refractivity contribution in [1.82, 2.24) is 9.88 Å². The lowest BCUT2D eigenvalue weighted by atomic mass is 10.1. The summed E-state index contributed by atoms with van der Waals surface area (Å²) in [7, 11) is -3.02. The maximum absolute atomic E-state index is 12.6. The molecule has 0 aliphatic carbocycles. The van der Waals surface area contributed by atoms with Gasteiger partial charge in [0.05, 0.1) is 17.1 Å². The highest BCUT2D eigenvalue weighted by Crippen LogP contribution is 2.23. The molecule has 0 bridgehead atoms. The molecule has 2 heterocycles. The lowest BCUT2D eigenvalue weighted by molar-refractivity contribution is -0.141. The van der Waals surface area contributed by atoms with E-state index in [0.717, 1.165) is 4.57 Å². The average molecular weight is 352 g/mol. The Morgan fingerprint density at radius 2 is 2.04 bits per heavy atom. The zero-order chi connectivity index (χ0) is 17.4. The van der Waals surface area contributed by atoms with Gasteiger partial charge in [0.2, 0.25) is 0 Å². The second kappa shape index (κ2) is 6.18. The van der Waals surface area contributed by atoms with Crippen molar-refractivity contribution in [2.45, 2.75) is 33.0 Å². The summed E-state index contributed by atoms with van der Waals surface area (Å²) in [6, 6.07) is 1.42. The molecule has 0 aromatic carbocycles. The Morgan fingerprint density at radius 1 is 1.39 bits per heavy atom. The molecule has 0 saturated carbocycles. The first-order valence-corrected chi connectivity index (χ1v) is 9.03. The average Bonchev–Trinajstić information content (AvgIpc) is 2.88. The number of amides is 1. The summed E-state index contributed by atoms with van der Waals surface area (Å²) in [6.07, 6.45) is -3.86. The van der Waals surface area contributed by atoms with E-state index in [1.54, 1.807) is 0 Å². The molecular formula is C14H19F3N2O3S. The van der Waals surface area contributed by atoms with Crippen molar-refractivity contribution in [3.63, 3.8) is 0 Å². The number of hydrogen-bond donors (Lipinski definition) is 1. The van der Waals surface area contributed by atoms with Gasteiger partial charge in [-0.15, -0.1) is 0 Å². The van der Waals surface area contributed by atoms with Crippen molar-refractivity contribution in [3.8, 4) is 0 Å². The fraction of sp³-hybridized carbons (Fsp3) is 0.643. The number of halogens is 3. The van der Waals surface area contributed by atoms with Gasteiger partial charge in [-0.2, -0.15) is 13.2 Å². The highest BCUT2D eigenvalue weighted by atomic mass is 32.2. The van der Waals surface area contributed by atoms with E-state index in [2.05, 4.69) is 5.32 Å². The Morgan fingerprint density at radius 3 is 2.57 bits per heavy atom. The first-order chi connectivity index (χ1) is 10.5. The fourth-order valence-corrected chi connectivity index (χ4v) is 4.68. The fourth-order valence-electron chi connectivity index (χ4n) is 2.82. The lowest BCUT2D eigenvalue weighted by Crippen LogP contribution is -2.30. The smallest absolute Gasteiger partial charge is 0.352 e. The number of rotatable bonds is 4. The van der Waals surface area contributed by atoms with Gasteiger partial charge in [0.15, 0.2) is 9.84 Å². The van der Waals surface area contributed by atoms with E-state index in [4.69, 9.17) is 0 Å². The van der Waals surface area contributed by atoms with Crippen molar-refractivity contribution in [2.24, 2.45) is 5.92 Å². The Hall–Kier alpha value is -1.51. The lowest BCUT2D eigenvalue weighted by Gasteiger charge is -2.13. The van der Waals surface area contributed by atoms with Gasteiger partial charge >= 0.3 is 6.18 Å². The summed E-state index contributed by atoms with van der Waals surface area (Å²) in [5.74, 6) is -0.452. The third-order valence-corrected chi connectivity index (χ3v) is 5.87. The van der Waals surface area contributed by atoms with Gasteiger partial charge in [0.25, 0.3) is 5.91 Å². The van der Waals surface area contributed by atoms with Gasteiger partial charge in [-0.05, 0) is 32.3 Å². The van der Waals surface area contributed by atoms with Crippen LogP contribution in [0.3, 0.4) is 0 Å². The van der Waals surface area contributed by atoms with Crippen molar-refractivity contribution in [2.75, 3.05) is 18.1 Å². The molecule has 5 nitrogen and oxygen atoms in total. The molecule has 1 amide bonds. The monoisotopic (exact) mass is 352 g/mol. The molecule has 0 unspecified atom stereocenters. The SMILES string of the molecule is Cc1cc(C(=O)NC[C@H]2CCS(=O)(=O)C2)c(C)n1CC(F)(F)F. The molecule has 130 valence electrons. The second-order valence-electron chi connectivity index (χ2n) is 5.97. The van der Waals surface area contributed by atoms with Gasteiger partial charge in [-0.25, -0.2) is 8.42 Å². The number of carbonyl (C=O) groups is 1. The summed E-state index contributed by atoms with van der Waals surface area (Å²) in [6.45, 7) is 2.05. The van der Waals surface area contributed by atoms with Crippen LogP contribution in [-0.4, -0.2) is 43.1 Å². The summed E-state index contributed by atoms with van der Waals surface area (Å²) in [5, 5.41) is 2.62. The van der Waals surface area contributed by atoms with Crippen LogP contribution in [0.4, 0.5) is 13.2 Å². The molecule has 1 aliphatic rings. The van der Waals surface area contributed by atoms with Crippen LogP contribution in [0.15, 0.2) is 6.07 Å². The van der Waals surface area contributed by atoms with E-state index in [-0.39, 0.29) is 35.2 Å². The highest BCUT2D eigenvalue weighted by molar-refractivity contribution is 7.91. The number of aromatic nitrogens is 1. The van der Waals surface area contributed by atoms with Crippen LogP contribution in [-0.2, 0) is 16.4 Å². The van der Waals surface area contributed by atoms with Crippen molar-refractivity contribution >= 4 is 15.7 Å². The van der Waals surface area contributed by atoms with E-state index < -0.39 is 28.5 Å². The van der Waals surface area contributed by atoms with Crippen LogP contribution in [0.5, 0.6) is 0 Å². The largest absolute Gasteiger partial charge is 0.406 e. The van der Waals surface area contributed by atoms with E-state index in [1.165, 1.54) is 19.9 Å². The van der Waals surface area contributed by atoms with E-state index in [0.29, 0.717) is 12.1 Å². The van der Waals surface area contributed by atoms with Gasteiger partial charge in [0.1, 0.15) is 6.54 Å². The first-order valence-electron chi connectivity index (χ1n) is 7.20. The number of nitrogens with one attached hydrogen (secondary N) is 1. The number of aryl methyl sites for hydroxylation is 1. The molecule has 1 aromatic heterocycles. The number of carbonyl (C=O) groups excluding carboxylic acids is 1. The zero-order valence-electron chi connectivity index (χ0n) is 12.9. The molecule has 9 heteroatoms. The molecule has 2 rings (SSSR count). The van der Waals surface area contributed by atoms with Crippen LogP contribution in [0.2, 0.25) is 0 Å². The highest BCUT2D eigenvalue weighted by Gasteiger charge is 2.31. The van der Waals surface area contributed by atoms with E-state index in [1.807, 2.05) is 0 Å². The van der Waals surface area contributed by atoms with Crippen molar-refractivity contribution in [3.05, 3.63) is 23.0 Å². The molecular weight excluding hydrogens is 333 g/mol. The molecule has 0 radical (unpaired) electrons. The Bertz CT molecular complexity index is 708. The molecule has 1 aliphatic heterocycles. The zero-order valence-corrected chi connectivity index (χ0v) is 13.7. The quantitative estimate of drug-likeness (QED) is 0.899. The molecule has 1 fully saturated rings. The standard InChI is InChI=1S/C14H19F3N2O3S/c1-9-5-12(10(2)19(9)8-14(15,16)17)13(20)18-6-11-3-4-23(21,22)7-11/h5,11H,3-4,6-8H2,1-2H3,(H,18,20)/t11-/m1/s1. The van der Waals surface area contributed by atoms with Crippen LogP contribution in [0.1, 0.15) is 28.2 Å². The molecule has 1 atom stereocenters. The minimum Gasteiger partial charge on any atom is -0.352 e. The molecule has 23 heavy (non-hydrogen) atoms. The van der Waals surface area contributed by atoms with Gasteiger partial charge < -0.3 is 9.88 Å². The normalized spacial score (nSPS) is 20.7. The van der Waals surface area contributed by atoms with Crippen LogP contribution in [0.25, 0.3) is 0 Å². The van der Waals surface area contributed by atoms with E-state index in [9.17, 15) is 26.4 Å². The Labute approximate surface area is 132 Å². The first kappa shape index (κ1) is 17.8. The summed E-state index contributed by atoms with van der Waals surface area (Å²) in [4.78, 5) is 12.2. The number of nitrogens with zero attached hydrogens (tertiary/aromatic N) is 1. The van der Waals surface area contributed by atoms with Crippen molar-refractivity contribution in [1.29, 1.82) is 0 Å². The predicted molar refractivity (Wildman–Crippen MR) is 79.1 cm³/mol. The van der Waals surface area contributed by atoms with E-state index >= 15 is 0 Å². The van der Waals surface area contributed by atoms with Gasteiger partial charge in [-0.1, -0.05) is 0 Å². The number of alkyl halides is 3. The number of hydrogen-bond acceptors (Lipinski definition) is 3. The maximum atomic E-state index is 12.6. The molecule has 1 N–H and O–H groups in total. The molecule has 1 aromatic rings. The number of sulfone groups is 1. The summed E-state index contributed by atoms with van der Waals surface area (Å²) < 4.78 is 61.5. The Kier molecular flexibility index (Phi) is 4.79. The third kappa shape index (κ3) is 4.49.